The van der Waals surface area contributed by atoms with Crippen LogP contribution in [0.3, 0.4) is 0 Å². The second-order valence-electron chi connectivity index (χ2n) is 3.91. The number of carbonyl (C=O) groups excluding carboxylic acids is 1. The zero-order chi connectivity index (χ0) is 10.8. The van der Waals surface area contributed by atoms with E-state index in [1.807, 2.05) is 35.2 Å². The van der Waals surface area contributed by atoms with E-state index in [0.717, 1.165) is 18.5 Å². The minimum absolute atomic E-state index is 0.0747. The van der Waals surface area contributed by atoms with E-state index in [2.05, 4.69) is 6.92 Å². The summed E-state index contributed by atoms with van der Waals surface area (Å²) in [5.74, 6) is 0.0747. The quantitative estimate of drug-likeness (QED) is 0.754. The van der Waals surface area contributed by atoms with Gasteiger partial charge in [-0.15, -0.1) is 0 Å². The molecule has 1 fully saturated rings. The average Bonchev–Trinajstić information content (AvgIpc) is 2.29. The Morgan fingerprint density at radius 1 is 1.33 bits per heavy atom. The Morgan fingerprint density at radius 3 is 2.60 bits per heavy atom. The number of nitrogens with two attached hydrogens (primary N) is 1. The third kappa shape index (κ3) is 1.63. The maximum atomic E-state index is 11.5. The van der Waals surface area contributed by atoms with Crippen molar-refractivity contribution in [2.45, 2.75) is 25.4 Å². The van der Waals surface area contributed by atoms with Gasteiger partial charge in [0.2, 0.25) is 5.91 Å². The van der Waals surface area contributed by atoms with Gasteiger partial charge in [-0.25, -0.2) is 0 Å². The van der Waals surface area contributed by atoms with E-state index >= 15 is 0 Å². The molecule has 0 aliphatic carbocycles. The molecule has 1 aromatic rings. The lowest BCUT2D eigenvalue weighted by Crippen LogP contribution is -2.62. The van der Waals surface area contributed by atoms with Crippen LogP contribution in [0.5, 0.6) is 0 Å². The Hall–Kier alpha value is -1.35. The number of rotatable bonds is 3. The van der Waals surface area contributed by atoms with Crippen molar-refractivity contribution in [3.05, 3.63) is 35.9 Å². The van der Waals surface area contributed by atoms with E-state index in [9.17, 15) is 4.79 Å². The van der Waals surface area contributed by atoms with Gasteiger partial charge in [0.1, 0.15) is 6.04 Å². The van der Waals surface area contributed by atoms with Crippen molar-refractivity contribution >= 4 is 5.91 Å². The number of β-lactam (4-membered cyclic amide) rings is 1. The van der Waals surface area contributed by atoms with Crippen LogP contribution in [-0.2, 0) is 4.79 Å². The maximum absolute atomic E-state index is 11.5. The Kier molecular flexibility index (Phi) is 2.73. The second-order valence-corrected chi connectivity index (χ2v) is 3.91. The van der Waals surface area contributed by atoms with E-state index in [4.69, 9.17) is 5.73 Å². The molecule has 1 aliphatic rings. The van der Waals surface area contributed by atoms with Crippen LogP contribution in [0.1, 0.15) is 24.9 Å². The summed E-state index contributed by atoms with van der Waals surface area (Å²) < 4.78 is 0. The van der Waals surface area contributed by atoms with E-state index in [-0.39, 0.29) is 18.0 Å². The van der Waals surface area contributed by atoms with Gasteiger partial charge in [-0.3, -0.25) is 4.79 Å². The molecule has 80 valence electrons. The molecular formula is C12H16N2O. The number of carbonyl (C=O) groups is 1. The highest BCUT2D eigenvalue weighted by atomic mass is 16.2. The molecule has 1 aliphatic heterocycles. The minimum atomic E-state index is -0.348. The third-order valence-corrected chi connectivity index (χ3v) is 2.85. The fraction of sp³-hybridized carbons (Fsp3) is 0.417. The van der Waals surface area contributed by atoms with Crippen molar-refractivity contribution in [1.82, 2.24) is 4.90 Å². The molecule has 1 heterocycles. The molecule has 0 saturated carbocycles. The zero-order valence-electron chi connectivity index (χ0n) is 8.89. The van der Waals surface area contributed by atoms with Gasteiger partial charge in [-0.05, 0) is 12.0 Å². The van der Waals surface area contributed by atoms with Gasteiger partial charge in [0.05, 0.1) is 6.04 Å². The molecule has 2 rings (SSSR count). The third-order valence-electron chi connectivity index (χ3n) is 2.85. The van der Waals surface area contributed by atoms with E-state index in [1.165, 1.54) is 0 Å². The minimum Gasteiger partial charge on any atom is -0.332 e. The smallest absolute Gasteiger partial charge is 0.242 e. The molecule has 0 unspecified atom stereocenters. The molecule has 0 radical (unpaired) electrons. The van der Waals surface area contributed by atoms with Crippen LogP contribution in [-0.4, -0.2) is 23.4 Å². The number of hydrogen-bond acceptors (Lipinski definition) is 2. The molecule has 1 aromatic carbocycles. The van der Waals surface area contributed by atoms with E-state index in [0.29, 0.717) is 0 Å². The highest BCUT2D eigenvalue weighted by Gasteiger charge is 2.44. The van der Waals surface area contributed by atoms with Crippen molar-refractivity contribution in [3.8, 4) is 0 Å². The zero-order valence-corrected chi connectivity index (χ0v) is 8.89. The summed E-state index contributed by atoms with van der Waals surface area (Å²) in [5.41, 5.74) is 6.96. The van der Waals surface area contributed by atoms with E-state index < -0.39 is 0 Å². The summed E-state index contributed by atoms with van der Waals surface area (Å²) in [6.45, 7) is 2.87. The summed E-state index contributed by atoms with van der Waals surface area (Å²) in [6, 6.07) is 9.72. The number of hydrogen-bond donors (Lipinski definition) is 1. The van der Waals surface area contributed by atoms with Gasteiger partial charge < -0.3 is 10.6 Å². The molecule has 0 spiro atoms. The fourth-order valence-corrected chi connectivity index (χ4v) is 2.10. The van der Waals surface area contributed by atoms with Crippen LogP contribution in [0.4, 0.5) is 0 Å². The highest BCUT2D eigenvalue weighted by Crippen LogP contribution is 2.33. The van der Waals surface area contributed by atoms with Gasteiger partial charge in [-0.1, -0.05) is 37.3 Å². The molecule has 2 atom stereocenters. The number of nitrogens with zero attached hydrogens (tertiary/aromatic N) is 1. The van der Waals surface area contributed by atoms with Crippen LogP contribution in [0.2, 0.25) is 0 Å². The Bertz CT molecular complexity index is 350. The average molecular weight is 204 g/mol. The number of benzene rings is 1. The van der Waals surface area contributed by atoms with Crippen molar-refractivity contribution in [2.75, 3.05) is 6.54 Å². The van der Waals surface area contributed by atoms with Gasteiger partial charge in [0.15, 0.2) is 0 Å². The van der Waals surface area contributed by atoms with Gasteiger partial charge >= 0.3 is 0 Å². The fourth-order valence-electron chi connectivity index (χ4n) is 2.10. The van der Waals surface area contributed by atoms with E-state index in [1.54, 1.807) is 0 Å². The first kappa shape index (κ1) is 10.2. The van der Waals surface area contributed by atoms with Crippen LogP contribution in [0, 0.1) is 0 Å². The normalized spacial score (nSPS) is 25.2. The van der Waals surface area contributed by atoms with Crippen LogP contribution in [0.25, 0.3) is 0 Å². The lowest BCUT2D eigenvalue weighted by atomic mass is 9.89. The van der Waals surface area contributed by atoms with Gasteiger partial charge in [0.25, 0.3) is 0 Å². The summed E-state index contributed by atoms with van der Waals surface area (Å²) >= 11 is 0. The first-order valence-electron chi connectivity index (χ1n) is 5.36. The molecule has 3 nitrogen and oxygen atoms in total. The molecule has 1 saturated heterocycles. The van der Waals surface area contributed by atoms with Gasteiger partial charge in [0, 0.05) is 6.54 Å². The SMILES string of the molecule is CCCN1C(=O)[C@H](N)[C@@H]1c1ccccc1. The highest BCUT2D eigenvalue weighted by molar-refractivity contribution is 5.89. The molecule has 15 heavy (non-hydrogen) atoms. The lowest BCUT2D eigenvalue weighted by Gasteiger charge is -2.45. The topological polar surface area (TPSA) is 46.3 Å². The van der Waals surface area contributed by atoms with Crippen LogP contribution >= 0.6 is 0 Å². The summed E-state index contributed by atoms with van der Waals surface area (Å²) in [5, 5.41) is 0. The molecule has 2 N–H and O–H groups in total. The standard InChI is InChI=1S/C12H16N2O/c1-2-8-14-11(10(13)12(14)15)9-6-4-3-5-7-9/h3-7,10-11H,2,8,13H2,1H3/t10-,11+/m1/s1. The van der Waals surface area contributed by atoms with Crippen LogP contribution in [0.15, 0.2) is 30.3 Å². The Balaban J connectivity index is 2.18. The lowest BCUT2D eigenvalue weighted by molar-refractivity contribution is -0.149. The number of amides is 1. The molecular weight excluding hydrogens is 188 g/mol. The van der Waals surface area contributed by atoms with Gasteiger partial charge in [-0.2, -0.15) is 0 Å². The summed E-state index contributed by atoms with van der Waals surface area (Å²) in [7, 11) is 0. The Morgan fingerprint density at radius 2 is 2.00 bits per heavy atom. The maximum Gasteiger partial charge on any atom is 0.242 e. The molecule has 0 aromatic heterocycles. The van der Waals surface area contributed by atoms with Crippen molar-refractivity contribution in [2.24, 2.45) is 5.73 Å². The predicted molar refractivity (Wildman–Crippen MR) is 59.2 cm³/mol. The first-order valence-corrected chi connectivity index (χ1v) is 5.36. The molecule has 1 amide bonds. The Labute approximate surface area is 89.9 Å². The molecule has 3 heteroatoms. The second kappa shape index (κ2) is 4.03. The van der Waals surface area contributed by atoms with Crippen LogP contribution < -0.4 is 5.73 Å². The number of likely N-dealkylation sites (tertiary alicyclic amines) is 1. The summed E-state index contributed by atoms with van der Waals surface area (Å²) in [6.07, 6.45) is 0.974. The van der Waals surface area contributed by atoms with Crippen molar-refractivity contribution in [1.29, 1.82) is 0 Å². The first-order chi connectivity index (χ1) is 7.25. The predicted octanol–water partition coefficient (Wildman–Crippen LogP) is 1.31. The van der Waals surface area contributed by atoms with Crippen molar-refractivity contribution in [3.63, 3.8) is 0 Å². The summed E-state index contributed by atoms with van der Waals surface area (Å²) in [4.78, 5) is 13.4. The monoisotopic (exact) mass is 204 g/mol. The van der Waals surface area contributed by atoms with Crippen molar-refractivity contribution < 1.29 is 4.79 Å². The largest absolute Gasteiger partial charge is 0.332 e. The molecule has 0 bridgehead atoms.